The van der Waals surface area contributed by atoms with E-state index >= 15 is 0 Å². The van der Waals surface area contributed by atoms with Gasteiger partial charge in [-0.2, -0.15) is 0 Å². The molecule has 0 N–H and O–H groups in total. The van der Waals surface area contributed by atoms with Crippen LogP contribution in [0.3, 0.4) is 0 Å². The first kappa shape index (κ1) is 20.7. The topological polar surface area (TPSA) is 26.3 Å². The van der Waals surface area contributed by atoms with Crippen molar-refractivity contribution < 1.29 is 9.53 Å². The molecule has 24 heavy (non-hydrogen) atoms. The van der Waals surface area contributed by atoms with Gasteiger partial charge in [-0.3, -0.25) is 4.79 Å². The van der Waals surface area contributed by atoms with Crippen LogP contribution in [0.4, 0.5) is 0 Å². The maximum Gasteiger partial charge on any atom is 0.162 e. The van der Waals surface area contributed by atoms with Crippen molar-refractivity contribution in [3.63, 3.8) is 0 Å². The van der Waals surface area contributed by atoms with E-state index in [4.69, 9.17) is 4.74 Å². The highest BCUT2D eigenvalue weighted by Gasteiger charge is 2.12. The third-order valence-electron chi connectivity index (χ3n) is 4.11. The average Bonchev–Trinajstić information content (AvgIpc) is 2.52. The fourth-order valence-corrected chi connectivity index (χ4v) is 2.80. The van der Waals surface area contributed by atoms with Gasteiger partial charge in [0.05, 0.1) is 0 Å². The molecule has 0 atom stereocenters. The van der Waals surface area contributed by atoms with E-state index in [9.17, 15) is 4.79 Å². The van der Waals surface area contributed by atoms with Crippen molar-refractivity contribution >= 4 is 5.78 Å². The minimum absolute atomic E-state index is 0.206. The quantitative estimate of drug-likeness (QED) is 0.305. The van der Waals surface area contributed by atoms with Gasteiger partial charge in [-0.05, 0) is 51.5 Å². The molecule has 0 saturated heterocycles. The summed E-state index contributed by atoms with van der Waals surface area (Å²) >= 11 is 0. The van der Waals surface area contributed by atoms with Crippen molar-refractivity contribution in [2.75, 3.05) is 0 Å². The van der Waals surface area contributed by atoms with Crippen molar-refractivity contribution in [3.05, 3.63) is 29.8 Å². The number of Topliss-reactive ketones (excluding diaryl/α,β-unsaturated/α-hetero) is 1. The Morgan fingerprint density at radius 1 is 0.833 bits per heavy atom. The first-order chi connectivity index (χ1) is 11.4. The number of hydrogen-bond acceptors (Lipinski definition) is 2. The molecule has 0 amide bonds. The van der Waals surface area contributed by atoms with Crippen LogP contribution < -0.4 is 4.74 Å². The lowest BCUT2D eigenvalue weighted by atomic mass is 10.0. The molecule has 0 spiro atoms. The van der Waals surface area contributed by atoms with Gasteiger partial charge in [-0.25, -0.2) is 0 Å². The van der Waals surface area contributed by atoms with E-state index in [0.29, 0.717) is 6.42 Å². The van der Waals surface area contributed by atoms with E-state index in [-0.39, 0.29) is 11.4 Å². The van der Waals surface area contributed by atoms with Gasteiger partial charge in [-0.15, -0.1) is 0 Å². The zero-order chi connectivity index (χ0) is 17.8. The Bertz CT molecular complexity index is 454. The zero-order valence-electron chi connectivity index (χ0n) is 16.2. The largest absolute Gasteiger partial charge is 0.488 e. The minimum atomic E-state index is -0.206. The summed E-state index contributed by atoms with van der Waals surface area (Å²) in [6.07, 6.45) is 12.2. The normalized spacial score (nSPS) is 11.5. The molecule has 1 aromatic rings. The highest BCUT2D eigenvalue weighted by molar-refractivity contribution is 5.96. The molecule has 0 heterocycles. The highest BCUT2D eigenvalue weighted by Crippen LogP contribution is 2.19. The molecule has 1 aromatic carbocycles. The minimum Gasteiger partial charge on any atom is -0.488 e. The fourth-order valence-electron chi connectivity index (χ4n) is 2.80. The van der Waals surface area contributed by atoms with Crippen LogP contribution in [0.25, 0.3) is 0 Å². The molecule has 2 nitrogen and oxygen atoms in total. The van der Waals surface area contributed by atoms with E-state index in [1.165, 1.54) is 51.4 Å². The number of carbonyl (C=O) groups excluding carboxylic acids is 1. The molecule has 2 heteroatoms. The summed E-state index contributed by atoms with van der Waals surface area (Å²) in [4.78, 5) is 12.2. The maximum absolute atomic E-state index is 12.2. The van der Waals surface area contributed by atoms with Crippen LogP contribution in [-0.2, 0) is 0 Å². The predicted octanol–water partition coefficient (Wildman–Crippen LogP) is 6.97. The van der Waals surface area contributed by atoms with E-state index in [1.54, 1.807) is 0 Å². The lowest BCUT2D eigenvalue weighted by Gasteiger charge is -2.21. The monoisotopic (exact) mass is 332 g/mol. The van der Waals surface area contributed by atoms with Gasteiger partial charge in [0.25, 0.3) is 0 Å². The van der Waals surface area contributed by atoms with Gasteiger partial charge >= 0.3 is 0 Å². The number of unbranched alkanes of at least 4 members (excludes halogenated alkanes) is 8. The Hall–Kier alpha value is -1.31. The maximum atomic E-state index is 12.2. The first-order valence-electron chi connectivity index (χ1n) is 9.74. The SMILES string of the molecule is CCCCCCCCCCCC(=O)c1ccc(OC(C)(C)C)cc1. The second kappa shape index (κ2) is 11.3. The Morgan fingerprint density at radius 2 is 1.33 bits per heavy atom. The molecule has 0 saturated carbocycles. The van der Waals surface area contributed by atoms with Gasteiger partial charge < -0.3 is 4.74 Å². The number of benzene rings is 1. The third-order valence-corrected chi connectivity index (χ3v) is 4.11. The summed E-state index contributed by atoms with van der Waals surface area (Å²) in [5, 5.41) is 0. The zero-order valence-corrected chi connectivity index (χ0v) is 16.2. The molecule has 0 radical (unpaired) electrons. The Balaban J connectivity index is 2.17. The van der Waals surface area contributed by atoms with E-state index in [2.05, 4.69) is 6.92 Å². The highest BCUT2D eigenvalue weighted by atomic mass is 16.5. The number of ketones is 1. The molecule has 0 aromatic heterocycles. The van der Waals surface area contributed by atoms with Crippen LogP contribution in [0.2, 0.25) is 0 Å². The van der Waals surface area contributed by atoms with Crippen LogP contribution in [0.15, 0.2) is 24.3 Å². The summed E-state index contributed by atoms with van der Waals surface area (Å²) in [5.74, 6) is 1.07. The van der Waals surface area contributed by atoms with E-state index < -0.39 is 0 Å². The fraction of sp³-hybridized carbons (Fsp3) is 0.682. The van der Waals surface area contributed by atoms with Crippen molar-refractivity contribution in [1.29, 1.82) is 0 Å². The summed E-state index contributed by atoms with van der Waals surface area (Å²) < 4.78 is 5.79. The van der Waals surface area contributed by atoms with Gasteiger partial charge in [0, 0.05) is 12.0 Å². The van der Waals surface area contributed by atoms with E-state index in [1.807, 2.05) is 45.0 Å². The van der Waals surface area contributed by atoms with Gasteiger partial charge in [-0.1, -0.05) is 58.3 Å². The molecule has 0 unspecified atom stereocenters. The van der Waals surface area contributed by atoms with Crippen LogP contribution in [0, 0.1) is 0 Å². The molecule has 0 aliphatic heterocycles. The summed E-state index contributed by atoms with van der Waals surface area (Å²) in [6, 6.07) is 7.57. The molecule has 0 fully saturated rings. The second-order valence-corrected chi connectivity index (χ2v) is 7.74. The van der Waals surface area contributed by atoms with Gasteiger partial charge in [0.2, 0.25) is 0 Å². The summed E-state index contributed by atoms with van der Waals surface area (Å²) in [7, 11) is 0. The number of rotatable bonds is 12. The summed E-state index contributed by atoms with van der Waals surface area (Å²) in [5.41, 5.74) is 0.595. The van der Waals surface area contributed by atoms with Crippen molar-refractivity contribution in [2.45, 2.75) is 97.5 Å². The van der Waals surface area contributed by atoms with Crippen LogP contribution in [0.1, 0.15) is 102 Å². The number of carbonyl (C=O) groups is 1. The van der Waals surface area contributed by atoms with Crippen molar-refractivity contribution in [3.8, 4) is 5.75 Å². The molecule has 136 valence electrons. The second-order valence-electron chi connectivity index (χ2n) is 7.74. The van der Waals surface area contributed by atoms with Gasteiger partial charge in [0.15, 0.2) is 5.78 Å². The Labute approximate surface area is 149 Å². The van der Waals surface area contributed by atoms with Crippen LogP contribution in [0.5, 0.6) is 5.75 Å². The molecule has 0 aliphatic rings. The lowest BCUT2D eigenvalue weighted by molar-refractivity contribution is 0.0979. The smallest absolute Gasteiger partial charge is 0.162 e. The Kier molecular flexibility index (Phi) is 9.75. The van der Waals surface area contributed by atoms with Crippen LogP contribution >= 0.6 is 0 Å². The predicted molar refractivity (Wildman–Crippen MR) is 103 cm³/mol. The number of ether oxygens (including phenoxy) is 1. The standard InChI is InChI=1S/C22H36O2/c1-5-6-7-8-9-10-11-12-13-14-21(23)19-15-17-20(18-16-19)24-22(2,3)4/h15-18H,5-14H2,1-4H3. The average molecular weight is 333 g/mol. The molecular weight excluding hydrogens is 296 g/mol. The molecule has 0 bridgehead atoms. The lowest BCUT2D eigenvalue weighted by Crippen LogP contribution is -2.22. The van der Waals surface area contributed by atoms with E-state index in [0.717, 1.165) is 17.7 Å². The third kappa shape index (κ3) is 9.75. The Morgan fingerprint density at radius 3 is 1.83 bits per heavy atom. The molecule has 0 aliphatic carbocycles. The van der Waals surface area contributed by atoms with Crippen molar-refractivity contribution in [2.24, 2.45) is 0 Å². The van der Waals surface area contributed by atoms with Gasteiger partial charge in [0.1, 0.15) is 11.4 Å². The first-order valence-corrected chi connectivity index (χ1v) is 9.74. The summed E-state index contributed by atoms with van der Waals surface area (Å²) in [6.45, 7) is 8.32. The van der Waals surface area contributed by atoms with Crippen molar-refractivity contribution in [1.82, 2.24) is 0 Å². The van der Waals surface area contributed by atoms with Crippen LogP contribution in [-0.4, -0.2) is 11.4 Å². The number of hydrogen-bond donors (Lipinski definition) is 0. The molecular formula is C22H36O2. The molecule has 1 rings (SSSR count).